The first-order valence-electron chi connectivity index (χ1n) is 9.31. The average Bonchev–Trinajstić information content (AvgIpc) is 3.25. The number of fused-ring (bicyclic) bond motifs is 4. The molecule has 1 nitrogen and oxygen atoms in total. The molecule has 0 amide bonds. The fourth-order valence-electron chi connectivity index (χ4n) is 5.88. The van der Waals surface area contributed by atoms with Gasteiger partial charge in [-0.3, -0.25) is 0 Å². The molecule has 0 N–H and O–H groups in total. The zero-order valence-corrected chi connectivity index (χ0v) is 13.5. The number of allylic oxidation sites excluding steroid dienone is 2. The van der Waals surface area contributed by atoms with E-state index in [1.165, 1.54) is 58.2 Å². The molecule has 3 atom stereocenters. The molecule has 116 valence electrons. The first kappa shape index (κ1) is 13.4. The molecule has 3 aliphatic carbocycles. The summed E-state index contributed by atoms with van der Waals surface area (Å²) in [7, 11) is 0. The number of aryl methyl sites for hydroxylation is 1. The van der Waals surface area contributed by atoms with Gasteiger partial charge in [0.2, 0.25) is 0 Å². The van der Waals surface area contributed by atoms with E-state index in [-0.39, 0.29) is 0 Å². The van der Waals surface area contributed by atoms with E-state index < -0.39 is 0 Å². The van der Waals surface area contributed by atoms with Gasteiger partial charge in [-0.25, -0.2) is 0 Å². The molecule has 22 heavy (non-hydrogen) atoms. The van der Waals surface area contributed by atoms with Crippen molar-refractivity contribution in [3.8, 4) is 0 Å². The molecular weight excluding hydrogens is 266 g/mol. The van der Waals surface area contributed by atoms with Crippen molar-refractivity contribution in [1.29, 1.82) is 0 Å². The lowest BCUT2D eigenvalue weighted by Crippen LogP contribution is -2.43. The van der Waals surface area contributed by atoms with E-state index >= 15 is 0 Å². The third kappa shape index (κ3) is 2.01. The van der Waals surface area contributed by atoms with E-state index in [9.17, 15) is 0 Å². The summed E-state index contributed by atoms with van der Waals surface area (Å²) < 4.78 is 0. The second kappa shape index (κ2) is 4.96. The van der Waals surface area contributed by atoms with Crippen LogP contribution in [-0.2, 0) is 11.8 Å². The van der Waals surface area contributed by atoms with Crippen LogP contribution < -0.4 is 0 Å². The Balaban J connectivity index is 1.25. The topological polar surface area (TPSA) is 3.24 Å². The van der Waals surface area contributed by atoms with E-state index in [1.54, 1.807) is 11.1 Å². The maximum Gasteiger partial charge on any atom is 0.00155 e. The highest BCUT2D eigenvalue weighted by Crippen LogP contribution is 2.47. The Morgan fingerprint density at radius 3 is 2.64 bits per heavy atom. The number of likely N-dealkylation sites (tertiary alicyclic amines) is 1. The molecule has 4 aliphatic rings. The molecule has 1 saturated heterocycles. The van der Waals surface area contributed by atoms with Gasteiger partial charge in [0.25, 0.3) is 0 Å². The third-order valence-electron chi connectivity index (χ3n) is 7.18. The van der Waals surface area contributed by atoms with Gasteiger partial charge in [-0.15, -0.1) is 0 Å². The predicted octanol–water partition coefficient (Wildman–Crippen LogP) is 4.18. The molecule has 1 heteroatoms. The number of piperidine rings is 1. The minimum Gasteiger partial charge on any atom is -0.303 e. The van der Waals surface area contributed by atoms with Crippen LogP contribution in [0.25, 0.3) is 0 Å². The summed E-state index contributed by atoms with van der Waals surface area (Å²) >= 11 is 0. The highest BCUT2D eigenvalue weighted by molar-refractivity contribution is 5.39. The first-order valence-corrected chi connectivity index (χ1v) is 9.31. The minimum atomic E-state index is 0.529. The summed E-state index contributed by atoms with van der Waals surface area (Å²) in [5.41, 5.74) is 3.86. The maximum atomic E-state index is 2.78. The summed E-state index contributed by atoms with van der Waals surface area (Å²) in [4.78, 5) is 2.78. The van der Waals surface area contributed by atoms with E-state index in [0.717, 1.165) is 17.8 Å². The molecule has 2 bridgehead atoms. The van der Waals surface area contributed by atoms with Crippen molar-refractivity contribution in [2.75, 3.05) is 19.6 Å². The van der Waals surface area contributed by atoms with Crippen molar-refractivity contribution in [3.63, 3.8) is 0 Å². The average molecular weight is 293 g/mol. The van der Waals surface area contributed by atoms with Gasteiger partial charge in [0.05, 0.1) is 0 Å². The van der Waals surface area contributed by atoms with E-state index in [0.29, 0.717) is 5.41 Å². The SMILES string of the molecule is C1=C[C@H]2C[C@@H]1C[C@@H]2CN1CCC2(CCc3ccccc32)CC1. The van der Waals surface area contributed by atoms with Crippen molar-refractivity contribution >= 4 is 0 Å². The van der Waals surface area contributed by atoms with Crippen LogP contribution in [-0.4, -0.2) is 24.5 Å². The minimum absolute atomic E-state index is 0.529. The highest BCUT2D eigenvalue weighted by atomic mass is 15.1. The Bertz CT molecular complexity index is 594. The number of rotatable bonds is 2. The Labute approximate surface area is 134 Å². The Kier molecular flexibility index (Phi) is 3.01. The van der Waals surface area contributed by atoms with Crippen LogP contribution in [0.4, 0.5) is 0 Å². The summed E-state index contributed by atoms with van der Waals surface area (Å²) in [6.07, 6.45) is 13.4. The summed E-state index contributed by atoms with van der Waals surface area (Å²) in [6, 6.07) is 9.24. The van der Waals surface area contributed by atoms with Crippen LogP contribution in [0.3, 0.4) is 0 Å². The monoisotopic (exact) mass is 293 g/mol. The molecule has 2 fully saturated rings. The number of nitrogens with zero attached hydrogens (tertiary/aromatic N) is 1. The van der Waals surface area contributed by atoms with Gasteiger partial charge >= 0.3 is 0 Å². The lowest BCUT2D eigenvalue weighted by atomic mass is 9.73. The fourth-order valence-corrected chi connectivity index (χ4v) is 5.88. The first-order chi connectivity index (χ1) is 10.8. The summed E-state index contributed by atoms with van der Waals surface area (Å²) in [5, 5.41) is 0. The molecule has 1 aromatic carbocycles. The smallest absolute Gasteiger partial charge is 0.00155 e. The van der Waals surface area contributed by atoms with Gasteiger partial charge in [-0.1, -0.05) is 36.4 Å². The zero-order valence-electron chi connectivity index (χ0n) is 13.5. The number of benzene rings is 1. The molecule has 1 heterocycles. The van der Waals surface area contributed by atoms with E-state index in [1.807, 2.05) is 0 Å². The Morgan fingerprint density at radius 1 is 1.00 bits per heavy atom. The fraction of sp³-hybridized carbons (Fsp3) is 0.619. The van der Waals surface area contributed by atoms with Gasteiger partial charge < -0.3 is 4.90 Å². The lowest BCUT2D eigenvalue weighted by Gasteiger charge is -2.41. The maximum absolute atomic E-state index is 2.78. The van der Waals surface area contributed by atoms with Gasteiger partial charge in [0.1, 0.15) is 0 Å². The predicted molar refractivity (Wildman–Crippen MR) is 91.0 cm³/mol. The quantitative estimate of drug-likeness (QED) is 0.739. The lowest BCUT2D eigenvalue weighted by molar-refractivity contribution is 0.133. The molecule has 1 saturated carbocycles. The normalized spacial score (nSPS) is 35.4. The molecule has 1 aromatic rings. The Morgan fingerprint density at radius 2 is 1.86 bits per heavy atom. The molecule has 0 aromatic heterocycles. The molecule has 0 unspecified atom stereocenters. The van der Waals surface area contributed by atoms with Crippen molar-refractivity contribution < 1.29 is 0 Å². The van der Waals surface area contributed by atoms with Crippen molar-refractivity contribution in [1.82, 2.24) is 4.90 Å². The van der Waals surface area contributed by atoms with Crippen molar-refractivity contribution in [2.45, 2.75) is 43.9 Å². The van der Waals surface area contributed by atoms with Gasteiger partial charge in [0, 0.05) is 6.54 Å². The van der Waals surface area contributed by atoms with Crippen molar-refractivity contribution in [3.05, 3.63) is 47.5 Å². The van der Waals surface area contributed by atoms with Gasteiger partial charge in [-0.2, -0.15) is 0 Å². The highest BCUT2D eigenvalue weighted by Gasteiger charge is 2.42. The third-order valence-corrected chi connectivity index (χ3v) is 7.18. The van der Waals surface area contributed by atoms with Crippen LogP contribution in [0, 0.1) is 17.8 Å². The largest absolute Gasteiger partial charge is 0.303 e. The number of hydrogen-bond donors (Lipinski definition) is 0. The summed E-state index contributed by atoms with van der Waals surface area (Å²) in [6.45, 7) is 4.01. The van der Waals surface area contributed by atoms with Crippen LogP contribution in [0.1, 0.15) is 43.2 Å². The van der Waals surface area contributed by atoms with Gasteiger partial charge in [0.15, 0.2) is 0 Å². The standard InChI is InChI=1S/C21H27N/c1-2-4-20-17(3-1)7-8-21(20)9-11-22(12-10-21)15-19-14-16-5-6-18(19)13-16/h1-6,16,18-19H,7-15H2/t16-,18+,19-/m1/s1. The van der Waals surface area contributed by atoms with Crippen molar-refractivity contribution in [2.24, 2.45) is 17.8 Å². The number of hydrogen-bond acceptors (Lipinski definition) is 1. The van der Waals surface area contributed by atoms with Crippen LogP contribution in [0.15, 0.2) is 36.4 Å². The molecular formula is C21H27N. The van der Waals surface area contributed by atoms with Crippen LogP contribution in [0.5, 0.6) is 0 Å². The zero-order chi connectivity index (χ0) is 14.6. The second-order valence-electron chi connectivity index (χ2n) is 8.28. The molecule has 5 rings (SSSR count). The second-order valence-corrected chi connectivity index (χ2v) is 8.28. The van der Waals surface area contributed by atoms with Crippen LogP contribution >= 0.6 is 0 Å². The molecule has 1 spiro atoms. The molecule has 0 radical (unpaired) electrons. The Hall–Kier alpha value is -1.08. The van der Waals surface area contributed by atoms with E-state index in [2.05, 4.69) is 41.3 Å². The molecule has 1 aliphatic heterocycles. The van der Waals surface area contributed by atoms with Crippen LogP contribution in [0.2, 0.25) is 0 Å². The summed E-state index contributed by atoms with van der Waals surface area (Å²) in [5.74, 6) is 2.79. The van der Waals surface area contributed by atoms with Gasteiger partial charge in [-0.05, 0) is 85.9 Å². The van der Waals surface area contributed by atoms with E-state index in [4.69, 9.17) is 0 Å².